The molecule has 1 aliphatic heterocycles. The highest BCUT2D eigenvalue weighted by atomic mass is 16.2. The van der Waals surface area contributed by atoms with Crippen LogP contribution in [0.15, 0.2) is 30.3 Å². The van der Waals surface area contributed by atoms with Crippen molar-refractivity contribution in [2.24, 2.45) is 0 Å². The third-order valence-electron chi connectivity index (χ3n) is 3.85. The van der Waals surface area contributed by atoms with Gasteiger partial charge in [0.05, 0.1) is 6.04 Å². The largest absolute Gasteiger partial charge is 0.355 e. The molecule has 116 valence electrons. The van der Waals surface area contributed by atoms with Crippen LogP contribution in [0.4, 0.5) is 0 Å². The Morgan fingerprint density at radius 1 is 1.33 bits per heavy atom. The first-order valence-corrected chi connectivity index (χ1v) is 7.92. The molecule has 2 rings (SSSR count). The topological polar surface area (TPSA) is 44.4 Å². The fraction of sp³-hybridized carbons (Fsp3) is 0.588. The van der Waals surface area contributed by atoms with E-state index in [9.17, 15) is 4.79 Å². The molecule has 1 fully saturated rings. The van der Waals surface area contributed by atoms with Crippen molar-refractivity contribution in [1.29, 1.82) is 0 Å². The molecule has 1 amide bonds. The van der Waals surface area contributed by atoms with Crippen LogP contribution in [0.3, 0.4) is 0 Å². The van der Waals surface area contributed by atoms with Gasteiger partial charge >= 0.3 is 0 Å². The molecular formula is C17H27N3O. The van der Waals surface area contributed by atoms with E-state index in [0.29, 0.717) is 18.6 Å². The normalized spacial score (nSPS) is 22.7. The quantitative estimate of drug-likeness (QED) is 0.839. The van der Waals surface area contributed by atoms with Gasteiger partial charge in [0.25, 0.3) is 0 Å². The van der Waals surface area contributed by atoms with Gasteiger partial charge in [0, 0.05) is 31.7 Å². The summed E-state index contributed by atoms with van der Waals surface area (Å²) in [5.74, 6) is 0.154. The van der Waals surface area contributed by atoms with Crippen molar-refractivity contribution in [3.05, 3.63) is 35.9 Å². The minimum absolute atomic E-state index is 0.0265. The number of rotatable bonds is 6. The molecule has 0 bridgehead atoms. The van der Waals surface area contributed by atoms with Crippen molar-refractivity contribution in [3.63, 3.8) is 0 Å². The van der Waals surface area contributed by atoms with E-state index in [1.807, 2.05) is 13.0 Å². The number of hydrogen-bond donors (Lipinski definition) is 2. The Morgan fingerprint density at radius 3 is 2.67 bits per heavy atom. The van der Waals surface area contributed by atoms with E-state index in [-0.39, 0.29) is 11.9 Å². The van der Waals surface area contributed by atoms with Crippen molar-refractivity contribution < 1.29 is 4.79 Å². The van der Waals surface area contributed by atoms with Crippen LogP contribution < -0.4 is 10.6 Å². The summed E-state index contributed by atoms with van der Waals surface area (Å²) in [6.45, 7) is 8.73. The Hall–Kier alpha value is -1.39. The SMILES string of the molecule is CCNC(=O)[C@@H]1C[C@@H](NC(C)C)CN1Cc1ccccc1. The highest BCUT2D eigenvalue weighted by Crippen LogP contribution is 2.21. The molecule has 0 radical (unpaired) electrons. The predicted octanol–water partition coefficient (Wildman–Crippen LogP) is 1.76. The van der Waals surface area contributed by atoms with E-state index in [4.69, 9.17) is 0 Å². The number of benzene rings is 1. The first kappa shape index (κ1) is 16.0. The Bertz CT molecular complexity index is 447. The van der Waals surface area contributed by atoms with Crippen molar-refractivity contribution in [2.45, 2.75) is 51.9 Å². The number of likely N-dealkylation sites (tertiary alicyclic amines) is 1. The molecule has 21 heavy (non-hydrogen) atoms. The Kier molecular flexibility index (Phi) is 5.76. The van der Waals surface area contributed by atoms with E-state index in [2.05, 4.69) is 53.6 Å². The molecule has 1 heterocycles. The van der Waals surface area contributed by atoms with Crippen LogP contribution in [0, 0.1) is 0 Å². The van der Waals surface area contributed by atoms with Gasteiger partial charge in [0.15, 0.2) is 0 Å². The summed E-state index contributed by atoms with van der Waals surface area (Å²) in [6, 6.07) is 11.2. The van der Waals surface area contributed by atoms with Gasteiger partial charge < -0.3 is 10.6 Å². The first-order valence-electron chi connectivity index (χ1n) is 7.92. The second-order valence-electron chi connectivity index (χ2n) is 6.08. The van der Waals surface area contributed by atoms with Crippen LogP contribution in [0.2, 0.25) is 0 Å². The molecule has 2 N–H and O–H groups in total. The summed E-state index contributed by atoms with van der Waals surface area (Å²) in [4.78, 5) is 14.6. The molecule has 1 aromatic rings. The monoisotopic (exact) mass is 289 g/mol. The van der Waals surface area contributed by atoms with E-state index in [1.54, 1.807) is 0 Å². The molecule has 1 saturated heterocycles. The van der Waals surface area contributed by atoms with Gasteiger partial charge in [-0.1, -0.05) is 44.2 Å². The first-order chi connectivity index (χ1) is 10.1. The van der Waals surface area contributed by atoms with Gasteiger partial charge in [-0.3, -0.25) is 9.69 Å². The number of carbonyl (C=O) groups is 1. The molecule has 1 aromatic carbocycles. The molecule has 4 heteroatoms. The summed E-state index contributed by atoms with van der Waals surface area (Å²) < 4.78 is 0. The lowest BCUT2D eigenvalue weighted by Crippen LogP contribution is -2.42. The number of hydrogen-bond acceptors (Lipinski definition) is 3. The molecule has 4 nitrogen and oxygen atoms in total. The maximum atomic E-state index is 12.3. The number of likely N-dealkylation sites (N-methyl/N-ethyl adjacent to an activating group) is 1. The van der Waals surface area contributed by atoms with Crippen LogP contribution in [-0.4, -0.2) is 42.0 Å². The van der Waals surface area contributed by atoms with Crippen LogP contribution in [-0.2, 0) is 11.3 Å². The van der Waals surface area contributed by atoms with E-state index < -0.39 is 0 Å². The van der Waals surface area contributed by atoms with E-state index >= 15 is 0 Å². The van der Waals surface area contributed by atoms with Gasteiger partial charge in [0.1, 0.15) is 0 Å². The van der Waals surface area contributed by atoms with Gasteiger partial charge in [-0.05, 0) is 18.9 Å². The summed E-state index contributed by atoms with van der Waals surface area (Å²) in [5.41, 5.74) is 1.26. The van der Waals surface area contributed by atoms with E-state index in [1.165, 1.54) is 5.56 Å². The lowest BCUT2D eigenvalue weighted by atomic mass is 10.1. The number of nitrogens with zero attached hydrogens (tertiary/aromatic N) is 1. The van der Waals surface area contributed by atoms with Crippen molar-refractivity contribution >= 4 is 5.91 Å². The molecule has 1 aliphatic rings. The molecule has 0 spiro atoms. The maximum Gasteiger partial charge on any atom is 0.237 e. The van der Waals surface area contributed by atoms with Crippen LogP contribution in [0.5, 0.6) is 0 Å². The molecular weight excluding hydrogens is 262 g/mol. The number of nitrogens with one attached hydrogen (secondary N) is 2. The van der Waals surface area contributed by atoms with Crippen molar-refractivity contribution in [1.82, 2.24) is 15.5 Å². The van der Waals surface area contributed by atoms with Crippen LogP contribution >= 0.6 is 0 Å². The summed E-state index contributed by atoms with van der Waals surface area (Å²) in [6.07, 6.45) is 0.886. The zero-order valence-electron chi connectivity index (χ0n) is 13.3. The molecule has 0 saturated carbocycles. The minimum atomic E-state index is -0.0265. The summed E-state index contributed by atoms with van der Waals surface area (Å²) >= 11 is 0. The Balaban J connectivity index is 2.05. The summed E-state index contributed by atoms with van der Waals surface area (Å²) in [7, 11) is 0. The highest BCUT2D eigenvalue weighted by Gasteiger charge is 2.36. The third kappa shape index (κ3) is 4.55. The zero-order valence-corrected chi connectivity index (χ0v) is 13.3. The van der Waals surface area contributed by atoms with Gasteiger partial charge in [-0.25, -0.2) is 0 Å². The molecule has 2 atom stereocenters. The van der Waals surface area contributed by atoms with Gasteiger partial charge in [-0.2, -0.15) is 0 Å². The third-order valence-corrected chi connectivity index (χ3v) is 3.85. The lowest BCUT2D eigenvalue weighted by molar-refractivity contribution is -0.125. The predicted molar refractivity (Wildman–Crippen MR) is 86.0 cm³/mol. The molecule has 0 aromatic heterocycles. The highest BCUT2D eigenvalue weighted by molar-refractivity contribution is 5.82. The van der Waals surface area contributed by atoms with E-state index in [0.717, 1.165) is 19.5 Å². The second kappa shape index (κ2) is 7.57. The van der Waals surface area contributed by atoms with Gasteiger partial charge in [-0.15, -0.1) is 0 Å². The lowest BCUT2D eigenvalue weighted by Gasteiger charge is -2.23. The fourth-order valence-corrected chi connectivity index (χ4v) is 3.05. The van der Waals surface area contributed by atoms with Crippen molar-refractivity contribution in [2.75, 3.05) is 13.1 Å². The number of amides is 1. The van der Waals surface area contributed by atoms with Crippen LogP contribution in [0.1, 0.15) is 32.8 Å². The molecule has 0 aliphatic carbocycles. The standard InChI is InChI=1S/C17H27N3O/c1-4-18-17(21)16-10-15(19-13(2)3)12-20(16)11-14-8-6-5-7-9-14/h5-9,13,15-16,19H,4,10-12H2,1-3H3,(H,18,21)/t15-,16+/m1/s1. The minimum Gasteiger partial charge on any atom is -0.355 e. The average molecular weight is 289 g/mol. The summed E-state index contributed by atoms with van der Waals surface area (Å²) in [5, 5.41) is 6.53. The Labute approximate surface area is 127 Å². The van der Waals surface area contributed by atoms with Crippen molar-refractivity contribution in [3.8, 4) is 0 Å². The second-order valence-corrected chi connectivity index (χ2v) is 6.08. The number of carbonyl (C=O) groups excluding carboxylic acids is 1. The molecule has 0 unspecified atom stereocenters. The Morgan fingerprint density at radius 2 is 2.05 bits per heavy atom. The fourth-order valence-electron chi connectivity index (χ4n) is 3.05. The van der Waals surface area contributed by atoms with Crippen LogP contribution in [0.25, 0.3) is 0 Å². The smallest absolute Gasteiger partial charge is 0.237 e. The maximum absolute atomic E-state index is 12.3. The zero-order chi connectivity index (χ0) is 15.2. The average Bonchev–Trinajstić information content (AvgIpc) is 2.82. The van der Waals surface area contributed by atoms with Gasteiger partial charge in [0.2, 0.25) is 5.91 Å².